The summed E-state index contributed by atoms with van der Waals surface area (Å²) in [7, 11) is 2.08. The predicted molar refractivity (Wildman–Crippen MR) is 89.6 cm³/mol. The number of nitrogens with zero attached hydrogens (tertiary/aromatic N) is 1. The molecule has 21 heavy (non-hydrogen) atoms. The molecule has 0 radical (unpaired) electrons. The van der Waals surface area contributed by atoms with Gasteiger partial charge in [0.05, 0.1) is 5.54 Å². The van der Waals surface area contributed by atoms with Crippen LogP contribution in [0.5, 0.6) is 0 Å². The van der Waals surface area contributed by atoms with Gasteiger partial charge >= 0.3 is 0 Å². The Bertz CT molecular complexity index is 473. The number of aryl methyl sites for hydroxylation is 1. The lowest BCUT2D eigenvalue weighted by Gasteiger charge is -2.31. The Morgan fingerprint density at radius 2 is 2.10 bits per heavy atom. The van der Waals surface area contributed by atoms with Gasteiger partial charge in [0.15, 0.2) is 0 Å². The van der Waals surface area contributed by atoms with Gasteiger partial charge < -0.3 is 16.0 Å². The highest BCUT2D eigenvalue weighted by atomic mass is 16.1. The molecule has 1 unspecified atom stereocenters. The molecule has 0 heterocycles. The quantitative estimate of drug-likeness (QED) is 0.773. The molecule has 1 aromatic carbocycles. The highest BCUT2D eigenvalue weighted by molar-refractivity contribution is 5.84. The Kier molecular flexibility index (Phi) is 6.21. The van der Waals surface area contributed by atoms with E-state index in [0.717, 1.165) is 19.4 Å². The summed E-state index contributed by atoms with van der Waals surface area (Å²) in [4.78, 5) is 13.9. The van der Waals surface area contributed by atoms with Gasteiger partial charge in [0.25, 0.3) is 0 Å². The Morgan fingerprint density at radius 3 is 2.62 bits per heavy atom. The molecule has 4 nitrogen and oxygen atoms in total. The maximum Gasteiger partial charge on any atom is 0.237 e. The van der Waals surface area contributed by atoms with Crippen LogP contribution in [0.25, 0.3) is 0 Å². The molecule has 1 atom stereocenters. The Labute approximate surface area is 128 Å². The third-order valence-electron chi connectivity index (χ3n) is 3.76. The number of hydrogen-bond acceptors (Lipinski definition) is 3. The van der Waals surface area contributed by atoms with E-state index in [1.165, 1.54) is 11.3 Å². The number of carbonyl (C=O) groups is 1. The summed E-state index contributed by atoms with van der Waals surface area (Å²) < 4.78 is 0. The van der Waals surface area contributed by atoms with Crippen LogP contribution < -0.4 is 16.0 Å². The maximum absolute atomic E-state index is 11.7. The van der Waals surface area contributed by atoms with Crippen LogP contribution in [-0.2, 0) is 4.79 Å². The molecule has 0 aromatic heterocycles. The second-order valence-electron chi connectivity index (χ2n) is 6.36. The molecular weight excluding hydrogens is 262 g/mol. The van der Waals surface area contributed by atoms with E-state index in [1.807, 2.05) is 20.8 Å². The lowest BCUT2D eigenvalue weighted by Crippen LogP contribution is -2.55. The normalized spacial score (nSPS) is 14.0. The third kappa shape index (κ3) is 5.38. The Morgan fingerprint density at radius 1 is 1.43 bits per heavy atom. The zero-order valence-electron chi connectivity index (χ0n) is 13.9. The van der Waals surface area contributed by atoms with Crippen LogP contribution in [0.2, 0.25) is 0 Å². The number of carbonyl (C=O) groups excluding carboxylic acids is 1. The van der Waals surface area contributed by atoms with E-state index >= 15 is 0 Å². The molecule has 0 aliphatic carbocycles. The number of nitrogens with two attached hydrogens (primary N) is 1. The molecule has 0 aliphatic rings. The highest BCUT2D eigenvalue weighted by Crippen LogP contribution is 2.17. The van der Waals surface area contributed by atoms with Crippen LogP contribution in [0, 0.1) is 6.92 Å². The standard InChI is InChI=1S/C17H29N3O/c1-13(2)19-17(4,16(18)21)10-7-11-20(5)15-9-6-8-14(3)12-15/h6,8-9,12-13,19H,7,10-11H2,1-5H3,(H2,18,21). The molecule has 3 N–H and O–H groups in total. The number of primary amides is 1. The van der Waals surface area contributed by atoms with Gasteiger partial charge in [0, 0.05) is 25.3 Å². The minimum absolute atomic E-state index is 0.233. The fraction of sp³-hybridized carbons (Fsp3) is 0.588. The molecule has 0 aliphatic heterocycles. The predicted octanol–water partition coefficient (Wildman–Crippen LogP) is 2.45. The molecule has 1 amide bonds. The second kappa shape index (κ2) is 7.46. The van der Waals surface area contributed by atoms with Crippen LogP contribution >= 0.6 is 0 Å². The number of amides is 1. The molecule has 0 fully saturated rings. The molecule has 1 rings (SSSR count). The van der Waals surface area contributed by atoms with Gasteiger partial charge in [-0.15, -0.1) is 0 Å². The average Bonchev–Trinajstić information content (AvgIpc) is 2.37. The monoisotopic (exact) mass is 291 g/mol. The van der Waals surface area contributed by atoms with Crippen molar-refractivity contribution in [3.8, 4) is 0 Å². The van der Waals surface area contributed by atoms with E-state index in [4.69, 9.17) is 5.73 Å². The zero-order chi connectivity index (χ0) is 16.0. The van der Waals surface area contributed by atoms with Gasteiger partial charge in [-0.05, 0) is 58.2 Å². The molecule has 0 bridgehead atoms. The molecule has 4 heteroatoms. The summed E-state index contributed by atoms with van der Waals surface area (Å²) in [6.07, 6.45) is 1.64. The first-order valence-corrected chi connectivity index (χ1v) is 7.60. The van der Waals surface area contributed by atoms with E-state index < -0.39 is 5.54 Å². The fourth-order valence-corrected chi connectivity index (χ4v) is 2.57. The summed E-state index contributed by atoms with van der Waals surface area (Å²) in [5.41, 5.74) is 7.37. The van der Waals surface area contributed by atoms with Gasteiger partial charge in [0.2, 0.25) is 5.91 Å². The van der Waals surface area contributed by atoms with E-state index in [1.54, 1.807) is 0 Å². The van der Waals surface area contributed by atoms with Crippen molar-refractivity contribution >= 4 is 11.6 Å². The van der Waals surface area contributed by atoms with Gasteiger partial charge in [0.1, 0.15) is 0 Å². The smallest absolute Gasteiger partial charge is 0.237 e. The molecular formula is C17H29N3O. The van der Waals surface area contributed by atoms with Crippen molar-refractivity contribution in [2.45, 2.75) is 52.1 Å². The van der Waals surface area contributed by atoms with Gasteiger partial charge in [-0.3, -0.25) is 4.79 Å². The van der Waals surface area contributed by atoms with Crippen LogP contribution in [0.3, 0.4) is 0 Å². The van der Waals surface area contributed by atoms with Crippen molar-refractivity contribution in [2.24, 2.45) is 5.73 Å². The minimum atomic E-state index is -0.637. The first kappa shape index (κ1) is 17.5. The Balaban J connectivity index is 2.56. The van der Waals surface area contributed by atoms with Crippen molar-refractivity contribution in [1.82, 2.24) is 5.32 Å². The third-order valence-corrected chi connectivity index (χ3v) is 3.76. The van der Waals surface area contributed by atoms with Crippen molar-refractivity contribution in [3.05, 3.63) is 29.8 Å². The summed E-state index contributed by atoms with van der Waals surface area (Å²) in [5.74, 6) is -0.283. The minimum Gasteiger partial charge on any atom is -0.375 e. The van der Waals surface area contributed by atoms with E-state index in [2.05, 4.69) is 48.5 Å². The molecule has 0 spiro atoms. The van der Waals surface area contributed by atoms with E-state index in [0.29, 0.717) is 0 Å². The summed E-state index contributed by atoms with van der Waals surface area (Å²) in [5, 5.41) is 3.29. The number of anilines is 1. The van der Waals surface area contributed by atoms with Crippen molar-refractivity contribution in [2.75, 3.05) is 18.5 Å². The average molecular weight is 291 g/mol. The van der Waals surface area contributed by atoms with Gasteiger partial charge in [-0.25, -0.2) is 0 Å². The number of nitrogens with one attached hydrogen (secondary N) is 1. The number of benzene rings is 1. The maximum atomic E-state index is 11.7. The second-order valence-corrected chi connectivity index (χ2v) is 6.36. The summed E-state index contributed by atoms with van der Waals surface area (Å²) in [6.45, 7) is 8.93. The van der Waals surface area contributed by atoms with Crippen LogP contribution in [0.1, 0.15) is 39.2 Å². The zero-order valence-corrected chi connectivity index (χ0v) is 13.9. The van der Waals surface area contributed by atoms with Crippen molar-refractivity contribution in [3.63, 3.8) is 0 Å². The first-order chi connectivity index (χ1) is 9.74. The molecule has 118 valence electrons. The summed E-state index contributed by atoms with van der Waals surface area (Å²) >= 11 is 0. The lowest BCUT2D eigenvalue weighted by molar-refractivity contribution is -0.124. The highest BCUT2D eigenvalue weighted by Gasteiger charge is 2.30. The molecule has 1 aromatic rings. The number of hydrogen-bond donors (Lipinski definition) is 2. The van der Waals surface area contributed by atoms with Crippen LogP contribution in [-0.4, -0.2) is 31.1 Å². The summed E-state index contributed by atoms with van der Waals surface area (Å²) in [6, 6.07) is 8.66. The topological polar surface area (TPSA) is 58.4 Å². The Hall–Kier alpha value is -1.55. The van der Waals surface area contributed by atoms with Crippen molar-refractivity contribution < 1.29 is 4.79 Å². The van der Waals surface area contributed by atoms with Crippen LogP contribution in [0.4, 0.5) is 5.69 Å². The molecule has 0 saturated carbocycles. The van der Waals surface area contributed by atoms with Crippen LogP contribution in [0.15, 0.2) is 24.3 Å². The first-order valence-electron chi connectivity index (χ1n) is 7.60. The fourth-order valence-electron chi connectivity index (χ4n) is 2.57. The molecule has 0 saturated heterocycles. The lowest BCUT2D eigenvalue weighted by atomic mass is 9.93. The number of rotatable bonds is 8. The van der Waals surface area contributed by atoms with Gasteiger partial charge in [-0.2, -0.15) is 0 Å². The van der Waals surface area contributed by atoms with E-state index in [-0.39, 0.29) is 11.9 Å². The van der Waals surface area contributed by atoms with Gasteiger partial charge in [-0.1, -0.05) is 12.1 Å². The SMILES string of the molecule is Cc1cccc(N(C)CCCC(C)(NC(C)C)C(N)=O)c1. The van der Waals surface area contributed by atoms with E-state index in [9.17, 15) is 4.79 Å². The van der Waals surface area contributed by atoms with Crippen molar-refractivity contribution in [1.29, 1.82) is 0 Å². The largest absolute Gasteiger partial charge is 0.375 e.